The number of rotatable bonds is 5. The van der Waals surface area contributed by atoms with Crippen molar-refractivity contribution >= 4 is 59.9 Å². The minimum absolute atomic E-state index is 0.636. The molecule has 0 saturated heterocycles. The molecule has 4 heterocycles. The third-order valence-electron chi connectivity index (χ3n) is 11.5. The van der Waals surface area contributed by atoms with Crippen LogP contribution in [-0.4, -0.2) is 23.9 Å². The Balaban J connectivity index is 1.04. The minimum atomic E-state index is 0.636. The van der Waals surface area contributed by atoms with Gasteiger partial charge in [0.25, 0.3) is 0 Å². The first-order chi connectivity index (χ1) is 28.7. The van der Waals surface area contributed by atoms with Crippen LogP contribution in [-0.2, 0) is 0 Å². The fourth-order valence-electron chi connectivity index (χ4n) is 8.84. The van der Waals surface area contributed by atoms with Crippen LogP contribution in [0.1, 0.15) is 0 Å². The largest absolute Gasteiger partial charge is 0.309 e. The summed E-state index contributed by atoms with van der Waals surface area (Å²) in [5.41, 5.74) is 12.1. The lowest BCUT2D eigenvalue weighted by Crippen LogP contribution is -2.00. The molecule has 0 radical (unpaired) electrons. The molecule has 5 heteroatoms. The average Bonchev–Trinajstić information content (AvgIpc) is 3.85. The molecule has 0 aliphatic carbocycles. The van der Waals surface area contributed by atoms with E-state index in [-0.39, 0.29) is 0 Å². The minimum Gasteiger partial charge on any atom is -0.309 e. The first-order valence-electron chi connectivity index (χ1n) is 19.6. The first-order valence-corrected chi connectivity index (χ1v) is 19.6. The van der Waals surface area contributed by atoms with Crippen molar-refractivity contribution in [1.29, 1.82) is 0 Å². The zero-order valence-electron chi connectivity index (χ0n) is 31.3. The molecule has 0 amide bonds. The van der Waals surface area contributed by atoms with Gasteiger partial charge in [0.15, 0.2) is 17.5 Å². The molecular weight excluding hydrogens is 707 g/mol. The second kappa shape index (κ2) is 12.8. The highest BCUT2D eigenvalue weighted by Gasteiger charge is 2.19. The Morgan fingerprint density at radius 3 is 1.52 bits per heavy atom. The van der Waals surface area contributed by atoms with E-state index in [1.165, 1.54) is 59.9 Å². The summed E-state index contributed by atoms with van der Waals surface area (Å²) >= 11 is 0. The van der Waals surface area contributed by atoms with Gasteiger partial charge in [-0.3, -0.25) is 0 Å². The van der Waals surface area contributed by atoms with Gasteiger partial charge in [-0.05, 0) is 71.1 Å². The summed E-state index contributed by atoms with van der Waals surface area (Å²) in [6.07, 6.45) is 0. The van der Waals surface area contributed by atoms with Crippen molar-refractivity contribution < 1.29 is 0 Å². The Morgan fingerprint density at radius 1 is 0.276 bits per heavy atom. The highest BCUT2D eigenvalue weighted by molar-refractivity contribution is 6.22. The van der Waals surface area contributed by atoms with Crippen LogP contribution in [0.5, 0.6) is 0 Å². The van der Waals surface area contributed by atoms with Gasteiger partial charge in [-0.2, -0.15) is 0 Å². The fourth-order valence-corrected chi connectivity index (χ4v) is 8.84. The molecule has 0 spiro atoms. The maximum absolute atomic E-state index is 5.01. The van der Waals surface area contributed by atoms with Crippen LogP contribution >= 0.6 is 0 Å². The van der Waals surface area contributed by atoms with E-state index in [2.05, 4.69) is 148 Å². The van der Waals surface area contributed by atoms with Gasteiger partial charge in [-0.15, -0.1) is 0 Å². The number of hydrogen-bond acceptors (Lipinski definition) is 3. The maximum Gasteiger partial charge on any atom is 0.164 e. The maximum atomic E-state index is 5.01. The molecule has 0 aliphatic rings. The monoisotopic (exact) mass is 739 g/mol. The van der Waals surface area contributed by atoms with Crippen molar-refractivity contribution in [2.24, 2.45) is 0 Å². The summed E-state index contributed by atoms with van der Waals surface area (Å²) in [5, 5.41) is 7.44. The SMILES string of the molecule is c1ccc(-c2nc(-c3ccccc3)nc(-c3cccc(-c4cccc(-n5c6ccccc6c6cc7c8ccccc8n8c9ccccc9cc8c7cc65)c4)c3)n2)cc1. The molecular formula is C53H33N5. The Labute approximate surface area is 333 Å². The molecule has 5 nitrogen and oxygen atoms in total. The van der Waals surface area contributed by atoms with Crippen LogP contribution in [0, 0.1) is 0 Å². The van der Waals surface area contributed by atoms with E-state index in [1.54, 1.807) is 0 Å². The summed E-state index contributed by atoms with van der Waals surface area (Å²) in [7, 11) is 0. The van der Waals surface area contributed by atoms with Gasteiger partial charge in [-0.1, -0.05) is 146 Å². The number of nitrogens with zero attached hydrogens (tertiary/aromatic N) is 5. The normalized spacial score (nSPS) is 11.8. The lowest BCUT2D eigenvalue weighted by atomic mass is 10.0. The van der Waals surface area contributed by atoms with Crippen LogP contribution in [0.15, 0.2) is 200 Å². The topological polar surface area (TPSA) is 48.0 Å². The molecule has 0 unspecified atom stereocenters. The van der Waals surface area contributed by atoms with Crippen LogP contribution < -0.4 is 0 Å². The summed E-state index contributed by atoms with van der Waals surface area (Å²) in [6, 6.07) is 71.1. The fraction of sp³-hybridized carbons (Fsp3) is 0. The summed E-state index contributed by atoms with van der Waals surface area (Å²) in [5.74, 6) is 1.93. The van der Waals surface area contributed by atoms with Crippen molar-refractivity contribution in [2.45, 2.75) is 0 Å². The van der Waals surface area contributed by atoms with Gasteiger partial charge in [-0.25, -0.2) is 15.0 Å². The summed E-state index contributed by atoms with van der Waals surface area (Å²) in [4.78, 5) is 14.9. The van der Waals surface area contributed by atoms with Crippen LogP contribution in [0.3, 0.4) is 0 Å². The zero-order chi connectivity index (χ0) is 38.2. The number of benzene rings is 8. The lowest BCUT2D eigenvalue weighted by molar-refractivity contribution is 1.07. The Hall–Kier alpha value is -7.89. The smallest absolute Gasteiger partial charge is 0.164 e. The quantitative estimate of drug-likeness (QED) is 0.165. The molecule has 0 atom stereocenters. The highest BCUT2D eigenvalue weighted by atomic mass is 15.0. The first kappa shape index (κ1) is 32.4. The van der Waals surface area contributed by atoms with Crippen molar-refractivity contribution in [3.63, 3.8) is 0 Å². The number of pyridine rings is 1. The Kier molecular flexibility index (Phi) is 7.16. The van der Waals surface area contributed by atoms with Gasteiger partial charge < -0.3 is 8.97 Å². The standard InChI is InChI=1S/C53H33N5/c1-3-15-34(16-4-1)51-54-52(35-17-5-2-6-18-35)56-53(55-51)39-22-13-20-36(29-39)37-21-14-23-40(30-37)57-47-27-11-9-25-42(47)44-32-43-41-24-8-12-28-48(41)58-46-26-10-7-19-38(46)31-49(58)45(43)33-50(44)57/h1-33H. The number of fused-ring (bicyclic) bond motifs is 11. The number of hydrogen-bond donors (Lipinski definition) is 0. The number of aromatic nitrogens is 5. The van der Waals surface area contributed by atoms with E-state index < -0.39 is 0 Å². The van der Waals surface area contributed by atoms with Gasteiger partial charge in [0.05, 0.1) is 27.6 Å². The van der Waals surface area contributed by atoms with E-state index in [9.17, 15) is 0 Å². The van der Waals surface area contributed by atoms with E-state index in [1.807, 2.05) is 60.7 Å². The molecule has 0 fully saturated rings. The molecule has 0 bridgehead atoms. The van der Waals surface area contributed by atoms with E-state index in [0.29, 0.717) is 17.5 Å². The van der Waals surface area contributed by atoms with Crippen LogP contribution in [0.4, 0.5) is 0 Å². The van der Waals surface area contributed by atoms with E-state index >= 15 is 0 Å². The van der Waals surface area contributed by atoms with E-state index in [0.717, 1.165) is 33.5 Å². The summed E-state index contributed by atoms with van der Waals surface area (Å²) in [6.45, 7) is 0. The molecule has 270 valence electrons. The summed E-state index contributed by atoms with van der Waals surface area (Å²) < 4.78 is 4.85. The van der Waals surface area contributed by atoms with Crippen molar-refractivity contribution in [3.05, 3.63) is 200 Å². The van der Waals surface area contributed by atoms with Crippen LogP contribution in [0.25, 0.3) is 111 Å². The number of para-hydroxylation sites is 3. The zero-order valence-corrected chi connectivity index (χ0v) is 31.3. The Morgan fingerprint density at radius 2 is 0.793 bits per heavy atom. The predicted octanol–water partition coefficient (Wildman–Crippen LogP) is 13.3. The molecule has 0 aliphatic heterocycles. The lowest BCUT2D eigenvalue weighted by Gasteiger charge is -2.13. The molecule has 12 rings (SSSR count). The average molecular weight is 740 g/mol. The van der Waals surface area contributed by atoms with Crippen molar-refractivity contribution in [2.75, 3.05) is 0 Å². The Bertz CT molecular complexity index is 3510. The van der Waals surface area contributed by atoms with Gasteiger partial charge >= 0.3 is 0 Å². The van der Waals surface area contributed by atoms with Crippen molar-refractivity contribution in [1.82, 2.24) is 23.9 Å². The van der Waals surface area contributed by atoms with Crippen molar-refractivity contribution in [3.8, 4) is 51.0 Å². The van der Waals surface area contributed by atoms with Gasteiger partial charge in [0.2, 0.25) is 0 Å². The predicted molar refractivity (Wildman–Crippen MR) is 239 cm³/mol. The molecule has 12 aromatic rings. The van der Waals surface area contributed by atoms with Crippen LogP contribution in [0.2, 0.25) is 0 Å². The molecule has 58 heavy (non-hydrogen) atoms. The second-order valence-electron chi connectivity index (χ2n) is 14.9. The molecule has 8 aromatic carbocycles. The highest BCUT2D eigenvalue weighted by Crippen LogP contribution is 2.41. The second-order valence-corrected chi connectivity index (χ2v) is 14.9. The third kappa shape index (κ3) is 5.07. The molecule has 0 saturated carbocycles. The van der Waals surface area contributed by atoms with E-state index in [4.69, 9.17) is 15.0 Å². The van der Waals surface area contributed by atoms with Gasteiger partial charge in [0, 0.05) is 49.3 Å². The third-order valence-corrected chi connectivity index (χ3v) is 11.5. The molecule has 0 N–H and O–H groups in total. The van der Waals surface area contributed by atoms with Gasteiger partial charge in [0.1, 0.15) is 0 Å². The molecule has 4 aromatic heterocycles.